The van der Waals surface area contributed by atoms with Crippen molar-refractivity contribution in [3.63, 3.8) is 0 Å². The predicted molar refractivity (Wildman–Crippen MR) is 70.7 cm³/mol. The zero-order valence-corrected chi connectivity index (χ0v) is 11.2. The summed E-state index contributed by atoms with van der Waals surface area (Å²) in [5.41, 5.74) is -0.191. The molecule has 0 bridgehead atoms. The van der Waals surface area contributed by atoms with Crippen molar-refractivity contribution in [2.24, 2.45) is 5.41 Å². The maximum atomic E-state index is 11.9. The third-order valence-corrected chi connectivity index (χ3v) is 4.88. The van der Waals surface area contributed by atoms with Gasteiger partial charge in [-0.05, 0) is 18.3 Å². The van der Waals surface area contributed by atoms with Crippen molar-refractivity contribution in [3.05, 3.63) is 0 Å². The Kier molecular flexibility index (Phi) is 4.50. The van der Waals surface area contributed by atoms with E-state index in [0.29, 0.717) is 6.54 Å². The number of hydrogen-bond acceptors (Lipinski definition) is 4. The van der Waals surface area contributed by atoms with Crippen LogP contribution in [0, 0.1) is 5.41 Å². The molecule has 5 nitrogen and oxygen atoms in total. The topological polar surface area (TPSA) is 78.4 Å². The number of carbonyl (C=O) groups excluding carboxylic acids is 1. The van der Waals surface area contributed by atoms with Crippen LogP contribution in [0.25, 0.3) is 0 Å². The Labute approximate surface area is 111 Å². The van der Waals surface area contributed by atoms with E-state index in [0.717, 1.165) is 37.3 Å². The Morgan fingerprint density at radius 2 is 2.22 bits per heavy atom. The number of rotatable bonds is 5. The quantitative estimate of drug-likeness (QED) is 0.677. The highest BCUT2D eigenvalue weighted by Crippen LogP contribution is 2.43. The Morgan fingerprint density at radius 1 is 1.44 bits per heavy atom. The Morgan fingerprint density at radius 3 is 2.72 bits per heavy atom. The van der Waals surface area contributed by atoms with Gasteiger partial charge in [-0.25, -0.2) is 0 Å². The van der Waals surface area contributed by atoms with Gasteiger partial charge in [-0.15, -0.1) is 0 Å². The van der Waals surface area contributed by atoms with Crippen LogP contribution in [-0.4, -0.2) is 47.6 Å². The first-order chi connectivity index (χ1) is 8.61. The molecule has 1 aliphatic heterocycles. The molecule has 1 saturated heterocycles. The smallest absolute Gasteiger partial charge is 0.303 e. The number of aliphatic carboxylic acids is 1. The van der Waals surface area contributed by atoms with E-state index in [2.05, 4.69) is 10.6 Å². The molecule has 0 aromatic carbocycles. The molecular formula is C12H20N2O3S. The highest BCUT2D eigenvalue weighted by Gasteiger charge is 2.39. The first kappa shape index (κ1) is 13.7. The second kappa shape index (κ2) is 5.93. The maximum absolute atomic E-state index is 11.9. The van der Waals surface area contributed by atoms with Gasteiger partial charge in [0.1, 0.15) is 0 Å². The van der Waals surface area contributed by atoms with E-state index in [-0.39, 0.29) is 23.8 Å². The van der Waals surface area contributed by atoms with Crippen molar-refractivity contribution in [2.45, 2.75) is 31.7 Å². The molecule has 18 heavy (non-hydrogen) atoms. The second-order valence-electron chi connectivity index (χ2n) is 5.22. The normalized spacial score (nSPS) is 26.1. The van der Waals surface area contributed by atoms with E-state index in [9.17, 15) is 9.59 Å². The van der Waals surface area contributed by atoms with E-state index >= 15 is 0 Å². The van der Waals surface area contributed by atoms with Crippen LogP contribution in [-0.2, 0) is 9.59 Å². The molecule has 2 rings (SSSR count). The summed E-state index contributed by atoms with van der Waals surface area (Å²) in [5, 5.41) is 15.0. The van der Waals surface area contributed by atoms with Crippen molar-refractivity contribution >= 4 is 23.6 Å². The van der Waals surface area contributed by atoms with Crippen LogP contribution in [0.5, 0.6) is 0 Å². The Hall–Kier alpha value is -0.750. The zero-order valence-electron chi connectivity index (χ0n) is 10.4. The van der Waals surface area contributed by atoms with Crippen LogP contribution in [0.4, 0.5) is 0 Å². The summed E-state index contributed by atoms with van der Waals surface area (Å²) in [4.78, 5) is 22.8. The highest BCUT2D eigenvalue weighted by atomic mass is 32.2. The van der Waals surface area contributed by atoms with Crippen LogP contribution >= 0.6 is 11.8 Å². The molecule has 0 spiro atoms. The van der Waals surface area contributed by atoms with Gasteiger partial charge in [-0.2, -0.15) is 11.8 Å². The van der Waals surface area contributed by atoms with Gasteiger partial charge >= 0.3 is 5.97 Å². The van der Waals surface area contributed by atoms with Gasteiger partial charge in [0.05, 0.1) is 12.5 Å². The molecule has 2 aliphatic rings. The minimum Gasteiger partial charge on any atom is -0.481 e. The molecule has 1 unspecified atom stereocenters. The average Bonchev–Trinajstić information content (AvgIpc) is 2.32. The van der Waals surface area contributed by atoms with Crippen LogP contribution in [0.3, 0.4) is 0 Å². The number of carboxylic acid groups (broad SMARTS) is 1. The van der Waals surface area contributed by atoms with Crippen molar-refractivity contribution in [1.82, 2.24) is 10.6 Å². The van der Waals surface area contributed by atoms with Gasteiger partial charge in [0.2, 0.25) is 5.91 Å². The maximum Gasteiger partial charge on any atom is 0.303 e. The lowest BCUT2D eigenvalue weighted by atomic mass is 9.66. The van der Waals surface area contributed by atoms with Crippen molar-refractivity contribution in [1.29, 1.82) is 0 Å². The molecule has 0 aromatic heterocycles. The van der Waals surface area contributed by atoms with Crippen LogP contribution in [0.1, 0.15) is 25.7 Å². The molecule has 0 aromatic rings. The van der Waals surface area contributed by atoms with Gasteiger partial charge in [0.25, 0.3) is 0 Å². The lowest BCUT2D eigenvalue weighted by Gasteiger charge is -2.41. The number of carbonyl (C=O) groups is 2. The molecular weight excluding hydrogens is 252 g/mol. The molecule has 1 aliphatic carbocycles. The third-order valence-electron chi connectivity index (χ3n) is 3.82. The zero-order chi connectivity index (χ0) is 13.0. The number of nitrogens with one attached hydrogen (secondary N) is 2. The van der Waals surface area contributed by atoms with E-state index < -0.39 is 5.97 Å². The fourth-order valence-corrected chi connectivity index (χ4v) is 3.48. The minimum absolute atomic E-state index is 0.0128. The monoisotopic (exact) mass is 272 g/mol. The predicted octanol–water partition coefficient (Wildman–Crippen LogP) is 0.453. The number of amides is 1. The fourth-order valence-electron chi connectivity index (χ4n) is 2.55. The molecule has 1 heterocycles. The van der Waals surface area contributed by atoms with Gasteiger partial charge in [-0.3, -0.25) is 9.59 Å². The summed E-state index contributed by atoms with van der Waals surface area (Å²) >= 11 is 1.78. The summed E-state index contributed by atoms with van der Waals surface area (Å²) < 4.78 is 0. The molecule has 1 atom stereocenters. The fraction of sp³-hybridized carbons (Fsp3) is 0.833. The first-order valence-electron chi connectivity index (χ1n) is 6.42. The van der Waals surface area contributed by atoms with E-state index in [1.165, 1.54) is 0 Å². The average molecular weight is 272 g/mol. The molecule has 1 saturated carbocycles. The summed E-state index contributed by atoms with van der Waals surface area (Å²) in [6, 6.07) is -0.120. The highest BCUT2D eigenvalue weighted by molar-refractivity contribution is 7.99. The molecule has 1 amide bonds. The van der Waals surface area contributed by atoms with Crippen LogP contribution in [0.2, 0.25) is 0 Å². The van der Waals surface area contributed by atoms with Gasteiger partial charge in [0, 0.05) is 24.6 Å². The summed E-state index contributed by atoms with van der Waals surface area (Å²) in [6.07, 6.45) is 3.06. The molecule has 102 valence electrons. The Bertz CT molecular complexity index is 325. The van der Waals surface area contributed by atoms with Crippen molar-refractivity contribution < 1.29 is 14.7 Å². The lowest BCUT2D eigenvalue weighted by molar-refractivity contribution is -0.142. The minimum atomic E-state index is -0.768. The summed E-state index contributed by atoms with van der Waals surface area (Å²) in [6.45, 7) is 1.37. The van der Waals surface area contributed by atoms with E-state index in [1.807, 2.05) is 0 Å². The largest absolute Gasteiger partial charge is 0.481 e. The van der Waals surface area contributed by atoms with Crippen molar-refractivity contribution in [3.8, 4) is 0 Å². The van der Waals surface area contributed by atoms with Gasteiger partial charge < -0.3 is 15.7 Å². The lowest BCUT2D eigenvalue weighted by Crippen LogP contribution is -2.52. The van der Waals surface area contributed by atoms with Crippen molar-refractivity contribution in [2.75, 3.05) is 24.6 Å². The molecule has 0 radical (unpaired) electrons. The summed E-state index contributed by atoms with van der Waals surface area (Å²) in [5.74, 6) is 1.10. The third kappa shape index (κ3) is 3.38. The second-order valence-corrected chi connectivity index (χ2v) is 6.37. The van der Waals surface area contributed by atoms with Crippen LogP contribution < -0.4 is 10.6 Å². The SMILES string of the molecule is O=C(O)CC1(CNC(=O)C2CSCCN2)CCC1. The number of carboxylic acids is 1. The van der Waals surface area contributed by atoms with Crippen LogP contribution in [0.15, 0.2) is 0 Å². The molecule has 3 N–H and O–H groups in total. The standard InChI is InChI=1S/C12H20N2O3S/c15-10(16)6-12(2-1-3-12)8-14-11(17)9-7-18-5-4-13-9/h9,13H,1-8H2,(H,14,17)(H,15,16). The number of hydrogen-bond donors (Lipinski definition) is 3. The number of thioether (sulfide) groups is 1. The van der Waals surface area contributed by atoms with E-state index in [4.69, 9.17) is 5.11 Å². The molecule has 2 fully saturated rings. The first-order valence-corrected chi connectivity index (χ1v) is 7.57. The summed E-state index contributed by atoms with van der Waals surface area (Å²) in [7, 11) is 0. The Balaban J connectivity index is 1.78. The van der Waals surface area contributed by atoms with Gasteiger partial charge in [0.15, 0.2) is 0 Å². The van der Waals surface area contributed by atoms with Gasteiger partial charge in [-0.1, -0.05) is 6.42 Å². The van der Waals surface area contributed by atoms with E-state index in [1.54, 1.807) is 11.8 Å². The molecule has 6 heteroatoms.